The molecule has 4 amide bonds. The van der Waals surface area contributed by atoms with E-state index < -0.39 is 24.5 Å². The van der Waals surface area contributed by atoms with Crippen LogP contribution < -0.4 is 16.0 Å². The molecule has 9 nitrogen and oxygen atoms in total. The summed E-state index contributed by atoms with van der Waals surface area (Å²) in [5, 5.41) is 14.8. The van der Waals surface area contributed by atoms with Crippen LogP contribution in [0.1, 0.15) is 0 Å². The minimum atomic E-state index is -1.18. The van der Waals surface area contributed by atoms with Gasteiger partial charge >= 0.3 is 12.0 Å². The molecule has 0 rings (SSSR count). The monoisotopic (exact) mass is 260 g/mol. The molecule has 0 fully saturated rings. The molecule has 0 aromatic heterocycles. The van der Waals surface area contributed by atoms with Crippen LogP contribution in [-0.2, 0) is 14.4 Å². The number of hydrogen-bond donors (Lipinski definition) is 4. The lowest BCUT2D eigenvalue weighted by Crippen LogP contribution is -2.45. The van der Waals surface area contributed by atoms with Crippen molar-refractivity contribution in [2.75, 3.05) is 33.7 Å². The first kappa shape index (κ1) is 15.7. The van der Waals surface area contributed by atoms with Gasteiger partial charge in [-0.1, -0.05) is 0 Å². The normalized spacial score (nSPS) is 9.22. The molecule has 0 radical (unpaired) electrons. The van der Waals surface area contributed by atoms with Gasteiger partial charge in [-0.3, -0.25) is 14.4 Å². The van der Waals surface area contributed by atoms with Gasteiger partial charge in [0.25, 0.3) is 0 Å². The van der Waals surface area contributed by atoms with Crippen LogP contribution in [-0.4, -0.2) is 67.6 Å². The van der Waals surface area contributed by atoms with Crippen LogP contribution in [0, 0.1) is 0 Å². The van der Waals surface area contributed by atoms with Crippen LogP contribution >= 0.6 is 0 Å². The van der Waals surface area contributed by atoms with Crippen LogP contribution in [0.4, 0.5) is 4.79 Å². The van der Waals surface area contributed by atoms with E-state index in [-0.39, 0.29) is 19.0 Å². The second-order valence-electron chi connectivity index (χ2n) is 3.49. The smallest absolute Gasteiger partial charge is 0.322 e. The summed E-state index contributed by atoms with van der Waals surface area (Å²) in [5.41, 5.74) is 0. The Morgan fingerprint density at radius 2 is 1.50 bits per heavy atom. The van der Waals surface area contributed by atoms with Crippen molar-refractivity contribution in [3.8, 4) is 0 Å². The van der Waals surface area contributed by atoms with Gasteiger partial charge in [-0.25, -0.2) is 4.79 Å². The average molecular weight is 260 g/mol. The molecule has 0 aliphatic carbocycles. The summed E-state index contributed by atoms with van der Waals surface area (Å²) in [7, 11) is 3.09. The Morgan fingerprint density at radius 1 is 0.944 bits per heavy atom. The zero-order valence-electron chi connectivity index (χ0n) is 10.1. The quantitative estimate of drug-likeness (QED) is 0.422. The van der Waals surface area contributed by atoms with E-state index in [0.29, 0.717) is 0 Å². The molecular weight excluding hydrogens is 244 g/mol. The maximum Gasteiger partial charge on any atom is 0.322 e. The number of aliphatic carboxylic acids is 1. The number of nitrogens with zero attached hydrogens (tertiary/aromatic N) is 1. The Balaban J connectivity index is 3.73. The number of hydrogen-bond acceptors (Lipinski definition) is 4. The van der Waals surface area contributed by atoms with Crippen molar-refractivity contribution < 1.29 is 24.3 Å². The molecule has 0 saturated carbocycles. The Kier molecular flexibility index (Phi) is 6.86. The van der Waals surface area contributed by atoms with Gasteiger partial charge in [-0.05, 0) is 0 Å². The number of amides is 4. The first-order valence-corrected chi connectivity index (χ1v) is 5.03. The zero-order chi connectivity index (χ0) is 14.1. The van der Waals surface area contributed by atoms with Gasteiger partial charge in [0.05, 0.1) is 13.1 Å². The van der Waals surface area contributed by atoms with Gasteiger partial charge in [-0.15, -0.1) is 0 Å². The van der Waals surface area contributed by atoms with Crippen molar-refractivity contribution in [3.63, 3.8) is 0 Å². The van der Waals surface area contributed by atoms with E-state index in [1.165, 1.54) is 4.90 Å². The molecule has 0 aromatic rings. The molecule has 0 atom stereocenters. The lowest BCUT2D eigenvalue weighted by molar-refractivity contribution is -0.137. The number of rotatable bonds is 6. The van der Waals surface area contributed by atoms with E-state index in [0.717, 1.165) is 0 Å². The largest absolute Gasteiger partial charge is 0.480 e. The molecular formula is C9H16N4O5. The summed E-state index contributed by atoms with van der Waals surface area (Å²) in [4.78, 5) is 44.7. The van der Waals surface area contributed by atoms with Crippen molar-refractivity contribution >= 4 is 23.8 Å². The highest BCUT2D eigenvalue weighted by Crippen LogP contribution is 1.76. The maximum atomic E-state index is 11.1. The Morgan fingerprint density at radius 3 is 2.00 bits per heavy atom. The average Bonchev–Trinajstić information content (AvgIpc) is 2.30. The van der Waals surface area contributed by atoms with Gasteiger partial charge in [0.1, 0.15) is 6.54 Å². The number of carboxylic acid groups (broad SMARTS) is 1. The maximum absolute atomic E-state index is 11.1. The minimum absolute atomic E-state index is 0.185. The first-order chi connectivity index (χ1) is 8.32. The summed E-state index contributed by atoms with van der Waals surface area (Å²) in [5.74, 6) is -2.10. The fourth-order valence-electron chi connectivity index (χ4n) is 0.774. The van der Waals surface area contributed by atoms with Gasteiger partial charge in [0.15, 0.2) is 0 Å². The third kappa shape index (κ3) is 7.91. The van der Waals surface area contributed by atoms with Crippen molar-refractivity contribution in [2.24, 2.45) is 0 Å². The predicted octanol–water partition coefficient (Wildman–Crippen LogP) is -2.43. The summed E-state index contributed by atoms with van der Waals surface area (Å²) < 4.78 is 0. The Hall–Kier alpha value is -2.32. The van der Waals surface area contributed by atoms with Crippen molar-refractivity contribution in [1.29, 1.82) is 0 Å². The number of urea groups is 1. The van der Waals surface area contributed by atoms with E-state index in [2.05, 4.69) is 16.0 Å². The summed E-state index contributed by atoms with van der Waals surface area (Å²) in [6.07, 6.45) is 0. The van der Waals surface area contributed by atoms with Crippen LogP contribution in [0.15, 0.2) is 0 Å². The van der Waals surface area contributed by atoms with Crippen molar-refractivity contribution in [3.05, 3.63) is 0 Å². The molecule has 0 heterocycles. The van der Waals surface area contributed by atoms with Crippen molar-refractivity contribution in [1.82, 2.24) is 20.9 Å². The summed E-state index contributed by atoms with van der Waals surface area (Å²) in [6, 6.07) is -0.685. The first-order valence-electron chi connectivity index (χ1n) is 5.03. The molecule has 0 aliphatic heterocycles. The molecule has 4 N–H and O–H groups in total. The summed E-state index contributed by atoms with van der Waals surface area (Å²) >= 11 is 0. The molecule has 0 bridgehead atoms. The van der Waals surface area contributed by atoms with Crippen LogP contribution in [0.2, 0.25) is 0 Å². The Bertz CT molecular complexity index is 342. The third-order valence-corrected chi connectivity index (χ3v) is 1.75. The molecule has 0 aromatic carbocycles. The van der Waals surface area contributed by atoms with Crippen LogP contribution in [0.3, 0.4) is 0 Å². The number of carbonyl (C=O) groups excluding carboxylic acids is 3. The van der Waals surface area contributed by atoms with E-state index in [4.69, 9.17) is 5.11 Å². The second-order valence-corrected chi connectivity index (χ2v) is 3.49. The van der Waals surface area contributed by atoms with E-state index >= 15 is 0 Å². The second kappa shape index (κ2) is 7.87. The van der Waals surface area contributed by atoms with E-state index in [1.54, 1.807) is 14.1 Å². The van der Waals surface area contributed by atoms with Crippen LogP contribution in [0.25, 0.3) is 0 Å². The fraction of sp³-hybridized carbons (Fsp3) is 0.556. The zero-order valence-corrected chi connectivity index (χ0v) is 10.1. The number of carbonyl (C=O) groups is 4. The lowest BCUT2D eigenvalue weighted by atomic mass is 10.5. The number of nitrogens with one attached hydrogen (secondary N) is 3. The van der Waals surface area contributed by atoms with Gasteiger partial charge in [0.2, 0.25) is 11.8 Å². The third-order valence-electron chi connectivity index (χ3n) is 1.75. The fourth-order valence-corrected chi connectivity index (χ4v) is 0.774. The van der Waals surface area contributed by atoms with Gasteiger partial charge in [-0.2, -0.15) is 0 Å². The predicted molar refractivity (Wildman–Crippen MR) is 60.7 cm³/mol. The highest BCUT2D eigenvalue weighted by atomic mass is 16.4. The van der Waals surface area contributed by atoms with E-state index in [9.17, 15) is 19.2 Å². The van der Waals surface area contributed by atoms with E-state index in [1.807, 2.05) is 0 Å². The molecule has 18 heavy (non-hydrogen) atoms. The highest BCUT2D eigenvalue weighted by molar-refractivity contribution is 5.87. The molecule has 0 unspecified atom stereocenters. The van der Waals surface area contributed by atoms with Gasteiger partial charge < -0.3 is 26.0 Å². The number of carboxylic acids is 1. The standard InChI is InChI=1S/C9H16N4O5/c1-13(2)7(15)4-12-9(18)11-3-6(14)10-5-8(16)17/h3-5H2,1-2H3,(H,10,14)(H,16,17)(H2,11,12,18). The minimum Gasteiger partial charge on any atom is -0.480 e. The lowest BCUT2D eigenvalue weighted by Gasteiger charge is -2.11. The molecule has 0 aliphatic rings. The molecule has 9 heteroatoms. The molecule has 102 valence electrons. The Labute approximate surface area is 104 Å². The van der Waals surface area contributed by atoms with Crippen molar-refractivity contribution in [2.45, 2.75) is 0 Å². The SMILES string of the molecule is CN(C)C(=O)CNC(=O)NCC(=O)NCC(=O)O. The van der Waals surface area contributed by atoms with Gasteiger partial charge in [0, 0.05) is 14.1 Å². The molecule has 0 saturated heterocycles. The molecule has 0 spiro atoms. The van der Waals surface area contributed by atoms with Crippen LogP contribution in [0.5, 0.6) is 0 Å². The topological polar surface area (TPSA) is 128 Å². The highest BCUT2D eigenvalue weighted by Gasteiger charge is 2.08. The number of likely N-dealkylation sites (N-methyl/N-ethyl adjacent to an activating group) is 1. The summed E-state index contributed by atoms with van der Waals surface area (Å²) in [6.45, 7) is -1.06.